The van der Waals surface area contributed by atoms with Crippen LogP contribution < -0.4 is 5.73 Å². The number of aromatic amines is 1. The molecule has 0 unspecified atom stereocenters. The van der Waals surface area contributed by atoms with Crippen LogP contribution in [0.1, 0.15) is 35.8 Å². The molecule has 1 heterocycles. The van der Waals surface area contributed by atoms with E-state index in [1.54, 1.807) is 0 Å². The fraction of sp³-hybridized carbons (Fsp3) is 0.273. The Labute approximate surface area is 87.5 Å². The first-order chi connectivity index (χ1) is 7.11. The molecule has 1 aromatic heterocycles. The summed E-state index contributed by atoms with van der Waals surface area (Å²) in [5.74, 6) is -0.154. The van der Waals surface area contributed by atoms with E-state index in [-0.39, 0.29) is 0 Å². The SMILES string of the molecule is CC(C)c1cccc2[nH]nc(C(N)=O)c12. The maximum Gasteiger partial charge on any atom is 0.269 e. The highest BCUT2D eigenvalue weighted by atomic mass is 16.1. The molecule has 4 heteroatoms. The average molecular weight is 203 g/mol. The van der Waals surface area contributed by atoms with Gasteiger partial charge in [0.2, 0.25) is 0 Å². The van der Waals surface area contributed by atoms with Gasteiger partial charge in [-0.25, -0.2) is 0 Å². The molecule has 0 saturated carbocycles. The summed E-state index contributed by atoms with van der Waals surface area (Å²) in [6, 6.07) is 5.83. The lowest BCUT2D eigenvalue weighted by molar-refractivity contribution is 0.0997. The summed E-state index contributed by atoms with van der Waals surface area (Å²) in [7, 11) is 0. The van der Waals surface area contributed by atoms with Gasteiger partial charge in [0.1, 0.15) is 0 Å². The Morgan fingerprint density at radius 2 is 2.20 bits per heavy atom. The van der Waals surface area contributed by atoms with Gasteiger partial charge >= 0.3 is 0 Å². The number of amides is 1. The number of nitrogens with zero attached hydrogens (tertiary/aromatic N) is 1. The topological polar surface area (TPSA) is 71.8 Å². The van der Waals surface area contributed by atoms with Gasteiger partial charge in [-0.15, -0.1) is 0 Å². The van der Waals surface area contributed by atoms with Crippen LogP contribution in [0.15, 0.2) is 18.2 Å². The standard InChI is InChI=1S/C11H13N3O/c1-6(2)7-4-3-5-8-9(7)10(11(12)15)14-13-8/h3-6H,1-2H3,(H2,12,15)(H,13,14). The first-order valence-electron chi connectivity index (χ1n) is 4.88. The molecular weight excluding hydrogens is 190 g/mol. The maximum absolute atomic E-state index is 11.2. The number of fused-ring (bicyclic) bond motifs is 1. The molecule has 78 valence electrons. The van der Waals surface area contributed by atoms with Gasteiger partial charge < -0.3 is 5.73 Å². The van der Waals surface area contributed by atoms with Crippen molar-refractivity contribution in [2.24, 2.45) is 5.73 Å². The third-order valence-corrected chi connectivity index (χ3v) is 2.48. The molecule has 1 amide bonds. The van der Waals surface area contributed by atoms with Crippen LogP contribution in [0.4, 0.5) is 0 Å². The second-order valence-electron chi connectivity index (χ2n) is 3.86. The van der Waals surface area contributed by atoms with Gasteiger partial charge in [0.05, 0.1) is 5.52 Å². The van der Waals surface area contributed by atoms with Crippen LogP contribution in [0.2, 0.25) is 0 Å². The average Bonchev–Trinajstić information content (AvgIpc) is 2.60. The Morgan fingerprint density at radius 3 is 2.80 bits per heavy atom. The molecule has 4 nitrogen and oxygen atoms in total. The molecule has 0 spiro atoms. The molecule has 1 aromatic carbocycles. The summed E-state index contributed by atoms with van der Waals surface area (Å²) in [5.41, 5.74) is 7.55. The molecule has 2 aromatic rings. The number of primary amides is 1. The van der Waals surface area contributed by atoms with Crippen molar-refractivity contribution in [2.45, 2.75) is 19.8 Å². The van der Waals surface area contributed by atoms with Crippen molar-refractivity contribution in [3.8, 4) is 0 Å². The highest BCUT2D eigenvalue weighted by Gasteiger charge is 2.15. The van der Waals surface area contributed by atoms with Crippen LogP contribution in [0.3, 0.4) is 0 Å². The number of nitrogens with two attached hydrogens (primary N) is 1. The first-order valence-corrected chi connectivity index (χ1v) is 4.88. The Bertz CT molecular complexity index is 514. The number of hydrogen-bond donors (Lipinski definition) is 2. The van der Waals surface area contributed by atoms with Crippen molar-refractivity contribution in [1.82, 2.24) is 10.2 Å². The quantitative estimate of drug-likeness (QED) is 0.781. The second kappa shape index (κ2) is 3.38. The van der Waals surface area contributed by atoms with E-state index in [0.29, 0.717) is 11.6 Å². The van der Waals surface area contributed by atoms with Crippen molar-refractivity contribution >= 4 is 16.8 Å². The van der Waals surface area contributed by atoms with Gasteiger partial charge in [-0.2, -0.15) is 5.10 Å². The highest BCUT2D eigenvalue weighted by molar-refractivity contribution is 6.05. The number of hydrogen-bond acceptors (Lipinski definition) is 2. The fourth-order valence-corrected chi connectivity index (χ4v) is 1.76. The smallest absolute Gasteiger partial charge is 0.269 e. The summed E-state index contributed by atoms with van der Waals surface area (Å²) < 4.78 is 0. The van der Waals surface area contributed by atoms with Gasteiger partial charge in [-0.05, 0) is 17.5 Å². The molecule has 0 fully saturated rings. The highest BCUT2D eigenvalue weighted by Crippen LogP contribution is 2.26. The van der Waals surface area contributed by atoms with E-state index in [4.69, 9.17) is 5.73 Å². The molecule has 0 radical (unpaired) electrons. The number of carbonyl (C=O) groups is 1. The number of carbonyl (C=O) groups excluding carboxylic acids is 1. The third kappa shape index (κ3) is 1.48. The zero-order valence-electron chi connectivity index (χ0n) is 8.74. The van der Waals surface area contributed by atoms with Crippen molar-refractivity contribution in [2.75, 3.05) is 0 Å². The van der Waals surface area contributed by atoms with Crippen molar-refractivity contribution < 1.29 is 4.79 Å². The molecule has 0 atom stereocenters. The fourth-order valence-electron chi connectivity index (χ4n) is 1.76. The van der Waals surface area contributed by atoms with Crippen LogP contribution in [-0.2, 0) is 0 Å². The number of nitrogens with one attached hydrogen (secondary N) is 1. The normalized spacial score (nSPS) is 11.1. The molecule has 2 rings (SSSR count). The Balaban J connectivity index is 2.80. The number of benzene rings is 1. The van der Waals surface area contributed by atoms with Gasteiger partial charge in [0, 0.05) is 5.39 Å². The molecular formula is C11H13N3O. The summed E-state index contributed by atoms with van der Waals surface area (Å²) >= 11 is 0. The minimum atomic E-state index is -0.491. The van der Waals surface area contributed by atoms with E-state index in [0.717, 1.165) is 16.5 Å². The summed E-state index contributed by atoms with van der Waals surface area (Å²) in [6.07, 6.45) is 0. The monoisotopic (exact) mass is 203 g/mol. The van der Waals surface area contributed by atoms with E-state index >= 15 is 0 Å². The molecule has 0 aliphatic rings. The van der Waals surface area contributed by atoms with Crippen LogP contribution in [-0.4, -0.2) is 16.1 Å². The minimum absolute atomic E-state index is 0.328. The van der Waals surface area contributed by atoms with Crippen LogP contribution in [0.25, 0.3) is 10.9 Å². The zero-order valence-corrected chi connectivity index (χ0v) is 8.74. The summed E-state index contributed by atoms with van der Waals surface area (Å²) in [6.45, 7) is 4.15. The Morgan fingerprint density at radius 1 is 1.47 bits per heavy atom. The maximum atomic E-state index is 11.2. The summed E-state index contributed by atoms with van der Waals surface area (Å²) in [5, 5.41) is 7.60. The lowest BCUT2D eigenvalue weighted by atomic mass is 9.98. The minimum Gasteiger partial charge on any atom is -0.364 e. The lowest BCUT2D eigenvalue weighted by Crippen LogP contribution is -2.12. The largest absolute Gasteiger partial charge is 0.364 e. The first kappa shape index (κ1) is 9.71. The van der Waals surface area contributed by atoms with Gasteiger partial charge in [0.15, 0.2) is 5.69 Å². The molecule has 0 aliphatic carbocycles. The van der Waals surface area contributed by atoms with Crippen molar-refractivity contribution in [1.29, 1.82) is 0 Å². The second-order valence-corrected chi connectivity index (χ2v) is 3.86. The van der Waals surface area contributed by atoms with Crippen molar-refractivity contribution in [3.05, 3.63) is 29.5 Å². The molecule has 0 saturated heterocycles. The Kier molecular flexibility index (Phi) is 2.19. The number of aromatic nitrogens is 2. The van der Waals surface area contributed by atoms with Crippen LogP contribution in [0.5, 0.6) is 0 Å². The predicted molar refractivity (Wildman–Crippen MR) is 58.7 cm³/mol. The Hall–Kier alpha value is -1.84. The van der Waals surface area contributed by atoms with E-state index in [9.17, 15) is 4.79 Å². The number of H-pyrrole nitrogens is 1. The summed E-state index contributed by atoms with van der Waals surface area (Å²) in [4.78, 5) is 11.2. The van der Waals surface area contributed by atoms with E-state index in [1.165, 1.54) is 0 Å². The zero-order chi connectivity index (χ0) is 11.0. The van der Waals surface area contributed by atoms with E-state index in [1.807, 2.05) is 18.2 Å². The van der Waals surface area contributed by atoms with Gasteiger partial charge in [0.25, 0.3) is 5.91 Å². The third-order valence-electron chi connectivity index (χ3n) is 2.48. The van der Waals surface area contributed by atoms with E-state index in [2.05, 4.69) is 24.0 Å². The molecule has 0 bridgehead atoms. The van der Waals surface area contributed by atoms with Gasteiger partial charge in [-0.3, -0.25) is 9.89 Å². The lowest BCUT2D eigenvalue weighted by Gasteiger charge is -2.06. The molecule has 0 aliphatic heterocycles. The molecule has 3 N–H and O–H groups in total. The van der Waals surface area contributed by atoms with Crippen LogP contribution in [0, 0.1) is 0 Å². The van der Waals surface area contributed by atoms with E-state index < -0.39 is 5.91 Å². The van der Waals surface area contributed by atoms with Gasteiger partial charge in [-0.1, -0.05) is 26.0 Å². The predicted octanol–water partition coefficient (Wildman–Crippen LogP) is 1.79. The van der Waals surface area contributed by atoms with Crippen LogP contribution >= 0.6 is 0 Å². The number of rotatable bonds is 2. The van der Waals surface area contributed by atoms with Crippen molar-refractivity contribution in [3.63, 3.8) is 0 Å². The molecule has 15 heavy (non-hydrogen) atoms.